The van der Waals surface area contributed by atoms with Crippen LogP contribution < -0.4 is 4.74 Å². The van der Waals surface area contributed by atoms with Gasteiger partial charge in [0.05, 0.1) is 5.56 Å². The number of ether oxygens (including phenoxy) is 2. The number of esters is 1. The highest BCUT2D eigenvalue weighted by Gasteiger charge is 2.35. The summed E-state index contributed by atoms with van der Waals surface area (Å²) in [7, 11) is 0. The van der Waals surface area contributed by atoms with Crippen molar-refractivity contribution in [3.8, 4) is 17.1 Å². The molecule has 0 radical (unpaired) electrons. The van der Waals surface area contributed by atoms with Crippen LogP contribution in [-0.2, 0) is 22.1 Å². The predicted molar refractivity (Wildman–Crippen MR) is 140 cm³/mol. The van der Waals surface area contributed by atoms with Gasteiger partial charge >= 0.3 is 12.1 Å². The Labute approximate surface area is 216 Å². The van der Waals surface area contributed by atoms with Gasteiger partial charge in [-0.2, -0.15) is 13.2 Å². The highest BCUT2D eigenvalue weighted by Crippen LogP contribution is 2.40. The molecule has 1 heterocycles. The number of furan rings is 1. The van der Waals surface area contributed by atoms with E-state index in [-0.39, 0.29) is 11.3 Å². The lowest BCUT2D eigenvalue weighted by Crippen LogP contribution is -2.40. The second-order valence-corrected chi connectivity index (χ2v) is 10.6. The SMILES string of the molecule is C=CC(=O)OC(C)(C)CC(C)(C)Oc1ccc2cc(-c3ccc(CCCCC)cc3C(F)(F)F)oc2c1. The third kappa shape index (κ3) is 7.63. The molecule has 0 aliphatic heterocycles. The average molecular weight is 517 g/mol. The quantitative estimate of drug-likeness (QED) is 0.145. The highest BCUT2D eigenvalue weighted by molar-refractivity contribution is 5.84. The first-order valence-corrected chi connectivity index (χ1v) is 12.5. The van der Waals surface area contributed by atoms with Crippen molar-refractivity contribution >= 4 is 16.9 Å². The number of fused-ring (bicyclic) bond motifs is 1. The zero-order chi connectivity index (χ0) is 27.4. The number of unbranched alkanes of at least 4 members (excludes halogenated alkanes) is 2. The third-order valence-electron chi connectivity index (χ3n) is 6.00. The summed E-state index contributed by atoms with van der Waals surface area (Å²) in [6.07, 6.45) is 0.443. The maximum Gasteiger partial charge on any atom is 0.417 e. The van der Waals surface area contributed by atoms with Crippen molar-refractivity contribution in [2.24, 2.45) is 0 Å². The molecule has 200 valence electrons. The number of alkyl halides is 3. The number of rotatable bonds is 11. The minimum atomic E-state index is -4.50. The van der Waals surface area contributed by atoms with Crippen molar-refractivity contribution in [3.05, 3.63) is 66.2 Å². The van der Waals surface area contributed by atoms with Crippen LogP contribution >= 0.6 is 0 Å². The molecule has 0 unspecified atom stereocenters. The zero-order valence-electron chi connectivity index (χ0n) is 22.1. The summed E-state index contributed by atoms with van der Waals surface area (Å²) in [6.45, 7) is 12.8. The number of hydrogen-bond acceptors (Lipinski definition) is 4. The molecule has 3 rings (SSSR count). The van der Waals surface area contributed by atoms with Crippen LogP contribution in [0.25, 0.3) is 22.3 Å². The van der Waals surface area contributed by atoms with Crippen molar-refractivity contribution < 1.29 is 31.9 Å². The summed E-state index contributed by atoms with van der Waals surface area (Å²) in [5, 5.41) is 0.667. The largest absolute Gasteiger partial charge is 0.488 e. The van der Waals surface area contributed by atoms with Gasteiger partial charge in [-0.15, -0.1) is 0 Å². The van der Waals surface area contributed by atoms with Crippen LogP contribution in [0.3, 0.4) is 0 Å². The molecular weight excluding hydrogens is 481 g/mol. The van der Waals surface area contributed by atoms with E-state index in [1.807, 2.05) is 13.8 Å². The number of hydrogen-bond donors (Lipinski definition) is 0. The van der Waals surface area contributed by atoms with Crippen LogP contribution in [0.4, 0.5) is 13.2 Å². The van der Waals surface area contributed by atoms with Gasteiger partial charge in [-0.25, -0.2) is 4.79 Å². The van der Waals surface area contributed by atoms with Crippen LogP contribution in [0.2, 0.25) is 0 Å². The molecule has 3 aromatic rings. The first-order chi connectivity index (χ1) is 17.2. The van der Waals surface area contributed by atoms with Crippen LogP contribution in [0.1, 0.15) is 71.4 Å². The van der Waals surface area contributed by atoms with E-state index in [1.54, 1.807) is 44.2 Å². The second-order valence-electron chi connectivity index (χ2n) is 10.6. The smallest absolute Gasteiger partial charge is 0.417 e. The molecule has 4 nitrogen and oxygen atoms in total. The van der Waals surface area contributed by atoms with E-state index < -0.39 is 28.9 Å². The summed E-state index contributed by atoms with van der Waals surface area (Å²) < 4.78 is 59.3. The van der Waals surface area contributed by atoms with Gasteiger partial charge in [0.15, 0.2) is 0 Å². The number of carbonyl (C=O) groups is 1. The van der Waals surface area contributed by atoms with Crippen molar-refractivity contribution in [1.29, 1.82) is 0 Å². The second kappa shape index (κ2) is 11.0. The number of benzene rings is 2. The van der Waals surface area contributed by atoms with Crippen LogP contribution in [0, 0.1) is 0 Å². The maximum atomic E-state index is 13.9. The average Bonchev–Trinajstić information content (AvgIpc) is 3.20. The third-order valence-corrected chi connectivity index (χ3v) is 6.00. The first kappa shape index (κ1) is 28.4. The van der Waals surface area contributed by atoms with Crippen LogP contribution in [-0.4, -0.2) is 17.2 Å². The van der Waals surface area contributed by atoms with Gasteiger partial charge in [0, 0.05) is 29.5 Å². The van der Waals surface area contributed by atoms with Crippen molar-refractivity contribution in [1.82, 2.24) is 0 Å². The molecule has 2 aromatic carbocycles. The number of halogens is 3. The summed E-state index contributed by atoms with van der Waals surface area (Å²) in [6, 6.07) is 11.2. The first-order valence-electron chi connectivity index (χ1n) is 12.5. The fraction of sp³-hybridized carbons (Fsp3) is 0.433. The van der Waals surface area contributed by atoms with Gasteiger partial charge in [-0.3, -0.25) is 0 Å². The number of carbonyl (C=O) groups excluding carboxylic acids is 1. The molecule has 0 saturated heterocycles. The molecule has 37 heavy (non-hydrogen) atoms. The zero-order valence-corrected chi connectivity index (χ0v) is 22.1. The van der Waals surface area contributed by atoms with Gasteiger partial charge in [0.1, 0.15) is 28.3 Å². The molecule has 0 fully saturated rings. The Bertz CT molecular complexity index is 1250. The fourth-order valence-corrected chi connectivity index (χ4v) is 4.71. The van der Waals surface area contributed by atoms with Crippen molar-refractivity contribution in [3.63, 3.8) is 0 Å². The number of aryl methyl sites for hydroxylation is 1. The Kier molecular flexibility index (Phi) is 8.45. The summed E-state index contributed by atoms with van der Waals surface area (Å²) in [4.78, 5) is 11.6. The molecule has 0 saturated carbocycles. The van der Waals surface area contributed by atoms with E-state index in [9.17, 15) is 18.0 Å². The van der Waals surface area contributed by atoms with E-state index in [0.29, 0.717) is 35.1 Å². The van der Waals surface area contributed by atoms with Crippen LogP contribution in [0.15, 0.2) is 59.5 Å². The monoisotopic (exact) mass is 516 g/mol. The van der Waals surface area contributed by atoms with E-state index in [1.165, 1.54) is 12.1 Å². The fourth-order valence-electron chi connectivity index (χ4n) is 4.71. The lowest BCUT2D eigenvalue weighted by molar-refractivity contribution is -0.154. The van der Waals surface area contributed by atoms with E-state index in [0.717, 1.165) is 25.3 Å². The molecule has 0 spiro atoms. The molecule has 0 aliphatic rings. The highest BCUT2D eigenvalue weighted by atomic mass is 19.4. The topological polar surface area (TPSA) is 48.7 Å². The summed E-state index contributed by atoms with van der Waals surface area (Å²) >= 11 is 0. The Balaban J connectivity index is 1.87. The van der Waals surface area contributed by atoms with Crippen molar-refractivity contribution in [2.75, 3.05) is 0 Å². The summed E-state index contributed by atoms with van der Waals surface area (Å²) in [5.41, 5.74) is -1.12. The molecule has 7 heteroatoms. The Morgan fingerprint density at radius 2 is 1.73 bits per heavy atom. The Morgan fingerprint density at radius 3 is 2.38 bits per heavy atom. The van der Waals surface area contributed by atoms with E-state index >= 15 is 0 Å². The molecule has 0 N–H and O–H groups in total. The molecular formula is C30H35F3O4. The van der Waals surface area contributed by atoms with Gasteiger partial charge in [-0.05, 0) is 70.4 Å². The summed E-state index contributed by atoms with van der Waals surface area (Å²) in [5.74, 6) is 0.125. The predicted octanol–water partition coefficient (Wildman–Crippen LogP) is 8.91. The minimum absolute atomic E-state index is 0.0107. The van der Waals surface area contributed by atoms with E-state index in [2.05, 4.69) is 13.5 Å². The molecule has 0 atom stereocenters. The maximum absolute atomic E-state index is 13.9. The molecule has 0 aliphatic carbocycles. The molecule has 0 bridgehead atoms. The molecule has 0 amide bonds. The normalized spacial score (nSPS) is 12.5. The Hall–Kier alpha value is -3.22. The van der Waals surface area contributed by atoms with E-state index in [4.69, 9.17) is 13.9 Å². The Morgan fingerprint density at radius 1 is 1.00 bits per heavy atom. The van der Waals surface area contributed by atoms with Gasteiger partial charge < -0.3 is 13.9 Å². The lowest BCUT2D eigenvalue weighted by Gasteiger charge is -2.34. The minimum Gasteiger partial charge on any atom is -0.488 e. The van der Waals surface area contributed by atoms with Gasteiger partial charge in [0.2, 0.25) is 0 Å². The van der Waals surface area contributed by atoms with Gasteiger partial charge in [-0.1, -0.05) is 38.5 Å². The molecule has 1 aromatic heterocycles. The lowest BCUT2D eigenvalue weighted by atomic mass is 9.92. The standard InChI is InChI=1S/C30H35F3O4/c1-7-9-10-11-20-12-15-23(24(16-20)30(31,32)33)26-17-21-13-14-22(18-25(21)35-26)36-28(3,4)19-29(5,6)37-27(34)8-2/h8,12-18H,2,7,9-11,19H2,1,3-6H3. The van der Waals surface area contributed by atoms with Crippen molar-refractivity contribution in [2.45, 2.75) is 84.1 Å². The van der Waals surface area contributed by atoms with Gasteiger partial charge in [0.25, 0.3) is 0 Å². The van der Waals surface area contributed by atoms with Crippen LogP contribution in [0.5, 0.6) is 5.75 Å².